The predicted molar refractivity (Wildman–Crippen MR) is 61.6 cm³/mol. The van der Waals surface area contributed by atoms with Crippen LogP contribution in [0.4, 0.5) is 0 Å². The normalized spacial score (nSPS) is 24.8. The fourth-order valence-electron chi connectivity index (χ4n) is 1.76. The number of aliphatic hydroxyl groups is 2. The molecule has 1 aromatic carbocycles. The third-order valence-corrected chi connectivity index (χ3v) is 2.92. The van der Waals surface area contributed by atoms with E-state index in [0.717, 1.165) is 0 Å². The maximum absolute atomic E-state index is 12.0. The van der Waals surface area contributed by atoms with Crippen molar-refractivity contribution in [1.29, 1.82) is 0 Å². The number of hydrogen-bond acceptors (Lipinski definition) is 4. The number of rotatable bonds is 1. The van der Waals surface area contributed by atoms with Crippen molar-refractivity contribution in [1.82, 2.24) is 4.90 Å². The summed E-state index contributed by atoms with van der Waals surface area (Å²) in [6, 6.07) is 6.90. The fourth-order valence-corrected chi connectivity index (χ4v) is 1.98. The SMILES string of the molecule is O=C(c1cccc(S)c1)N1CC(O)C(O)C1. The van der Waals surface area contributed by atoms with Crippen molar-refractivity contribution in [3.8, 4) is 0 Å². The lowest BCUT2D eigenvalue weighted by atomic mass is 10.2. The second-order valence-electron chi connectivity index (χ2n) is 3.90. The van der Waals surface area contributed by atoms with E-state index in [1.807, 2.05) is 0 Å². The Morgan fingerprint density at radius 3 is 2.50 bits per heavy atom. The van der Waals surface area contributed by atoms with Crippen molar-refractivity contribution < 1.29 is 15.0 Å². The van der Waals surface area contributed by atoms with E-state index in [9.17, 15) is 15.0 Å². The number of carbonyl (C=O) groups excluding carboxylic acids is 1. The van der Waals surface area contributed by atoms with Crippen molar-refractivity contribution >= 4 is 18.5 Å². The number of carbonyl (C=O) groups is 1. The summed E-state index contributed by atoms with van der Waals surface area (Å²) in [7, 11) is 0. The second-order valence-corrected chi connectivity index (χ2v) is 4.41. The van der Waals surface area contributed by atoms with Crippen molar-refractivity contribution in [2.24, 2.45) is 0 Å². The lowest BCUT2D eigenvalue weighted by molar-refractivity contribution is 0.0572. The van der Waals surface area contributed by atoms with Gasteiger partial charge in [-0.1, -0.05) is 6.07 Å². The van der Waals surface area contributed by atoms with E-state index >= 15 is 0 Å². The molecule has 2 unspecified atom stereocenters. The van der Waals surface area contributed by atoms with Gasteiger partial charge in [-0.3, -0.25) is 4.79 Å². The van der Waals surface area contributed by atoms with Crippen LogP contribution in [0.3, 0.4) is 0 Å². The van der Waals surface area contributed by atoms with Gasteiger partial charge >= 0.3 is 0 Å². The summed E-state index contributed by atoms with van der Waals surface area (Å²) in [6.45, 7) is 0.355. The van der Waals surface area contributed by atoms with E-state index in [2.05, 4.69) is 12.6 Å². The first kappa shape index (κ1) is 11.4. The number of aliphatic hydroxyl groups excluding tert-OH is 2. The summed E-state index contributed by atoms with van der Waals surface area (Å²) >= 11 is 4.16. The minimum absolute atomic E-state index is 0.177. The lowest BCUT2D eigenvalue weighted by Gasteiger charge is -2.15. The van der Waals surface area contributed by atoms with E-state index in [-0.39, 0.29) is 19.0 Å². The number of likely N-dealkylation sites (tertiary alicyclic amines) is 1. The molecule has 16 heavy (non-hydrogen) atoms. The first-order valence-electron chi connectivity index (χ1n) is 5.02. The Labute approximate surface area is 98.9 Å². The number of nitrogens with zero attached hydrogens (tertiary/aromatic N) is 1. The molecule has 0 saturated carbocycles. The summed E-state index contributed by atoms with van der Waals surface area (Å²) < 4.78 is 0. The highest BCUT2D eigenvalue weighted by atomic mass is 32.1. The number of thiol groups is 1. The fraction of sp³-hybridized carbons (Fsp3) is 0.364. The molecule has 0 spiro atoms. The maximum atomic E-state index is 12.0. The van der Waals surface area contributed by atoms with Crippen LogP contribution >= 0.6 is 12.6 Å². The van der Waals surface area contributed by atoms with Gasteiger partial charge in [0.2, 0.25) is 0 Å². The number of β-amino-alcohol motifs (C(OH)–C–C–N with tert-alkyl or cyclic N) is 2. The Balaban J connectivity index is 2.14. The van der Waals surface area contributed by atoms with Crippen LogP contribution in [0.1, 0.15) is 10.4 Å². The van der Waals surface area contributed by atoms with Crippen LogP contribution in [0.5, 0.6) is 0 Å². The van der Waals surface area contributed by atoms with Gasteiger partial charge in [-0.25, -0.2) is 0 Å². The van der Waals surface area contributed by atoms with E-state index < -0.39 is 12.2 Å². The summed E-state index contributed by atoms with van der Waals surface area (Å²) in [5.41, 5.74) is 0.522. The molecule has 2 rings (SSSR count). The van der Waals surface area contributed by atoms with Gasteiger partial charge in [-0.2, -0.15) is 0 Å². The van der Waals surface area contributed by atoms with Crippen molar-refractivity contribution in [3.63, 3.8) is 0 Å². The minimum Gasteiger partial charge on any atom is -0.388 e. The van der Waals surface area contributed by atoms with Gasteiger partial charge in [0.1, 0.15) is 0 Å². The van der Waals surface area contributed by atoms with Gasteiger partial charge in [0.15, 0.2) is 0 Å². The third-order valence-electron chi connectivity index (χ3n) is 2.64. The second kappa shape index (κ2) is 4.45. The molecular formula is C11H13NO3S. The zero-order chi connectivity index (χ0) is 11.7. The van der Waals surface area contributed by atoms with E-state index in [4.69, 9.17) is 0 Å². The monoisotopic (exact) mass is 239 g/mol. The summed E-state index contributed by atoms with van der Waals surface area (Å²) in [5, 5.41) is 18.7. The lowest BCUT2D eigenvalue weighted by Crippen LogP contribution is -2.29. The molecule has 0 aliphatic carbocycles. The number of hydrogen-bond donors (Lipinski definition) is 3. The first-order valence-corrected chi connectivity index (χ1v) is 5.47. The average molecular weight is 239 g/mol. The quantitative estimate of drug-likeness (QED) is 0.612. The molecule has 86 valence electrons. The summed E-state index contributed by atoms with van der Waals surface area (Å²) in [4.78, 5) is 14.1. The Bertz CT molecular complexity index is 400. The smallest absolute Gasteiger partial charge is 0.254 e. The standard InChI is InChI=1S/C11H13NO3S/c13-9-5-12(6-10(9)14)11(15)7-2-1-3-8(16)4-7/h1-4,9-10,13-14,16H,5-6H2. The molecular weight excluding hydrogens is 226 g/mol. The van der Waals surface area contributed by atoms with Crippen LogP contribution in [0.2, 0.25) is 0 Å². The Kier molecular flexibility index (Phi) is 3.18. The van der Waals surface area contributed by atoms with E-state index in [1.54, 1.807) is 24.3 Å². The maximum Gasteiger partial charge on any atom is 0.254 e. The Morgan fingerprint density at radius 2 is 1.94 bits per heavy atom. The molecule has 4 nitrogen and oxygen atoms in total. The minimum atomic E-state index is -0.844. The van der Waals surface area contributed by atoms with Crippen LogP contribution in [0.15, 0.2) is 29.2 Å². The highest BCUT2D eigenvalue weighted by Gasteiger charge is 2.32. The molecule has 5 heteroatoms. The van der Waals surface area contributed by atoms with Gasteiger partial charge in [-0.05, 0) is 18.2 Å². The van der Waals surface area contributed by atoms with Gasteiger partial charge in [-0.15, -0.1) is 12.6 Å². The van der Waals surface area contributed by atoms with Gasteiger partial charge in [0.05, 0.1) is 12.2 Å². The molecule has 0 bridgehead atoms. The van der Waals surface area contributed by atoms with Crippen LogP contribution in [-0.2, 0) is 0 Å². The summed E-state index contributed by atoms with van der Waals surface area (Å²) in [6.07, 6.45) is -1.69. The molecule has 1 aliphatic rings. The van der Waals surface area contributed by atoms with Crippen molar-refractivity contribution in [2.45, 2.75) is 17.1 Å². The Hall–Kier alpha value is -1.04. The molecule has 1 heterocycles. The van der Waals surface area contributed by atoms with Crippen LogP contribution in [0.25, 0.3) is 0 Å². The third kappa shape index (κ3) is 2.21. The van der Waals surface area contributed by atoms with Crippen molar-refractivity contribution in [2.75, 3.05) is 13.1 Å². The van der Waals surface area contributed by atoms with Crippen LogP contribution in [0, 0.1) is 0 Å². The highest BCUT2D eigenvalue weighted by Crippen LogP contribution is 2.16. The van der Waals surface area contributed by atoms with Gasteiger partial charge in [0.25, 0.3) is 5.91 Å². The summed E-state index contributed by atoms with van der Waals surface area (Å²) in [5.74, 6) is -0.188. The van der Waals surface area contributed by atoms with E-state index in [1.165, 1.54) is 4.90 Å². The molecule has 2 N–H and O–H groups in total. The van der Waals surface area contributed by atoms with Crippen LogP contribution < -0.4 is 0 Å². The van der Waals surface area contributed by atoms with Crippen molar-refractivity contribution in [3.05, 3.63) is 29.8 Å². The first-order chi connectivity index (χ1) is 7.58. The average Bonchev–Trinajstić information content (AvgIpc) is 2.58. The molecule has 0 aromatic heterocycles. The van der Waals surface area contributed by atoms with Gasteiger partial charge in [0, 0.05) is 23.5 Å². The largest absolute Gasteiger partial charge is 0.388 e. The topological polar surface area (TPSA) is 60.8 Å². The van der Waals surface area contributed by atoms with E-state index in [0.29, 0.717) is 10.5 Å². The molecule has 0 radical (unpaired) electrons. The molecule has 1 fully saturated rings. The predicted octanol–water partition coefficient (Wildman–Crippen LogP) is 0.153. The van der Waals surface area contributed by atoms with Crippen LogP contribution in [-0.4, -0.2) is 46.3 Å². The zero-order valence-corrected chi connectivity index (χ0v) is 9.47. The van der Waals surface area contributed by atoms with Gasteiger partial charge < -0.3 is 15.1 Å². The molecule has 1 aromatic rings. The molecule has 1 amide bonds. The molecule has 1 saturated heterocycles. The highest BCUT2D eigenvalue weighted by molar-refractivity contribution is 7.80. The Morgan fingerprint density at radius 1 is 1.31 bits per heavy atom. The zero-order valence-electron chi connectivity index (χ0n) is 8.58. The molecule has 1 aliphatic heterocycles. The number of amides is 1. The number of benzene rings is 1. The molecule has 2 atom stereocenters.